The van der Waals surface area contributed by atoms with Crippen molar-refractivity contribution in [2.24, 2.45) is 0 Å². The summed E-state index contributed by atoms with van der Waals surface area (Å²) in [6, 6.07) is 15.6. The Hall–Kier alpha value is -3.23. The van der Waals surface area contributed by atoms with E-state index < -0.39 is 0 Å². The molecule has 200 valence electrons. The molecule has 2 atom stereocenters. The minimum Gasteiger partial charge on any atom is -0.374 e. The normalized spacial score (nSPS) is 24.8. The van der Waals surface area contributed by atoms with Crippen LogP contribution in [0.25, 0.3) is 0 Å². The number of nitrogens with one attached hydrogen (secondary N) is 1. The highest BCUT2D eigenvalue weighted by atomic mass is 16.5. The highest BCUT2D eigenvalue weighted by Gasteiger charge is 2.55. The van der Waals surface area contributed by atoms with Gasteiger partial charge in [0.25, 0.3) is 0 Å². The van der Waals surface area contributed by atoms with Crippen molar-refractivity contribution in [3.05, 3.63) is 60.4 Å². The smallest absolute Gasteiger partial charge is 0.229 e. The van der Waals surface area contributed by atoms with E-state index in [4.69, 9.17) is 19.7 Å². The van der Waals surface area contributed by atoms with Crippen molar-refractivity contribution in [2.45, 2.75) is 63.1 Å². The molecule has 1 N–H and O–H groups in total. The average Bonchev–Trinajstić information content (AvgIpc) is 3.16. The van der Waals surface area contributed by atoms with Crippen LogP contribution in [0.5, 0.6) is 0 Å². The molecule has 0 unspecified atom stereocenters. The molecule has 1 aromatic carbocycles. The number of anilines is 5. The maximum Gasteiger partial charge on any atom is 0.229 e. The second-order valence-electron chi connectivity index (χ2n) is 12.0. The van der Waals surface area contributed by atoms with Crippen molar-refractivity contribution < 1.29 is 4.74 Å². The van der Waals surface area contributed by atoms with Crippen LogP contribution in [0.15, 0.2) is 54.9 Å². The molecule has 0 radical (unpaired) electrons. The van der Waals surface area contributed by atoms with Gasteiger partial charge in [-0.3, -0.25) is 0 Å². The first-order valence-electron chi connectivity index (χ1n) is 13.7. The van der Waals surface area contributed by atoms with Gasteiger partial charge in [-0.2, -0.15) is 4.98 Å². The Morgan fingerprint density at radius 3 is 2.45 bits per heavy atom. The van der Waals surface area contributed by atoms with Crippen molar-refractivity contribution in [1.29, 1.82) is 0 Å². The molecule has 38 heavy (non-hydrogen) atoms. The van der Waals surface area contributed by atoms with E-state index in [1.807, 2.05) is 24.5 Å². The average molecular weight is 514 g/mol. The van der Waals surface area contributed by atoms with Crippen LogP contribution in [0, 0.1) is 0 Å². The number of nitrogens with zero attached hydrogens (tertiary/aromatic N) is 6. The van der Waals surface area contributed by atoms with Crippen LogP contribution in [0.2, 0.25) is 0 Å². The van der Waals surface area contributed by atoms with Crippen LogP contribution in [0.4, 0.5) is 29.0 Å². The zero-order valence-corrected chi connectivity index (χ0v) is 23.2. The zero-order chi connectivity index (χ0) is 26.5. The molecule has 0 saturated carbocycles. The van der Waals surface area contributed by atoms with Gasteiger partial charge in [0, 0.05) is 53.9 Å². The summed E-state index contributed by atoms with van der Waals surface area (Å²) in [6.07, 6.45) is 7.10. The van der Waals surface area contributed by atoms with Gasteiger partial charge in [0.05, 0.1) is 18.2 Å². The van der Waals surface area contributed by atoms with Gasteiger partial charge in [0.2, 0.25) is 5.95 Å². The van der Waals surface area contributed by atoms with Gasteiger partial charge >= 0.3 is 0 Å². The van der Waals surface area contributed by atoms with E-state index in [0.29, 0.717) is 18.6 Å². The summed E-state index contributed by atoms with van der Waals surface area (Å²) in [5.41, 5.74) is 2.95. The summed E-state index contributed by atoms with van der Waals surface area (Å²) in [4.78, 5) is 21.6. The van der Waals surface area contributed by atoms with Gasteiger partial charge in [-0.15, -0.1) is 0 Å². The SMILES string of the molecule is CN(C)C1CCN(c2ccc(Nc3ncc4c(n3)N(c3ccccn3)[C@@H]3CC(C)(C)OC[C@]43C)cc2)CC1. The minimum absolute atomic E-state index is 0.191. The van der Waals surface area contributed by atoms with Crippen LogP contribution in [-0.2, 0) is 10.2 Å². The molecule has 0 spiro atoms. The van der Waals surface area contributed by atoms with E-state index >= 15 is 0 Å². The summed E-state index contributed by atoms with van der Waals surface area (Å²) in [7, 11) is 4.36. The van der Waals surface area contributed by atoms with E-state index in [-0.39, 0.29) is 17.1 Å². The summed E-state index contributed by atoms with van der Waals surface area (Å²) in [5, 5.41) is 3.44. The van der Waals surface area contributed by atoms with Gasteiger partial charge in [0.15, 0.2) is 0 Å². The number of benzene rings is 1. The fraction of sp³-hybridized carbons (Fsp3) is 0.500. The Bertz CT molecular complexity index is 1270. The van der Waals surface area contributed by atoms with Crippen LogP contribution in [0.1, 0.15) is 45.6 Å². The molecular weight excluding hydrogens is 474 g/mol. The molecule has 2 saturated heterocycles. The molecule has 5 heterocycles. The molecule has 0 aliphatic carbocycles. The van der Waals surface area contributed by atoms with E-state index in [1.54, 1.807) is 0 Å². The Balaban J connectivity index is 1.25. The molecule has 6 rings (SSSR count). The molecule has 2 fully saturated rings. The largest absolute Gasteiger partial charge is 0.374 e. The fourth-order valence-corrected chi connectivity index (χ4v) is 6.28. The van der Waals surface area contributed by atoms with Crippen molar-refractivity contribution in [3.8, 4) is 0 Å². The van der Waals surface area contributed by atoms with Gasteiger partial charge < -0.3 is 24.8 Å². The van der Waals surface area contributed by atoms with Crippen LogP contribution >= 0.6 is 0 Å². The lowest BCUT2D eigenvalue weighted by Crippen LogP contribution is -2.54. The van der Waals surface area contributed by atoms with Crippen LogP contribution in [-0.4, -0.2) is 71.3 Å². The standard InChI is InChI=1S/C30H39N7O/c1-29(2)18-25-30(3,20-38-29)24-19-32-28(34-27(24)37(25)26-8-6-7-15-31-26)33-21-9-11-23(12-10-21)36-16-13-22(14-17-36)35(4)5/h6-12,15,19,22,25H,13-14,16-18,20H2,1-5H3,(H,32,33,34)/t25-,30-/m1/s1. The third-order valence-electron chi connectivity index (χ3n) is 8.69. The van der Waals surface area contributed by atoms with E-state index in [1.165, 1.54) is 18.5 Å². The summed E-state index contributed by atoms with van der Waals surface area (Å²) >= 11 is 0. The summed E-state index contributed by atoms with van der Waals surface area (Å²) < 4.78 is 6.30. The Morgan fingerprint density at radius 1 is 1.00 bits per heavy atom. The second kappa shape index (κ2) is 9.50. The van der Waals surface area contributed by atoms with Crippen LogP contribution < -0.4 is 15.1 Å². The first-order valence-corrected chi connectivity index (χ1v) is 13.7. The number of rotatable bonds is 5. The quantitative estimate of drug-likeness (QED) is 0.504. The summed E-state index contributed by atoms with van der Waals surface area (Å²) in [5.74, 6) is 2.41. The number of pyridine rings is 1. The highest BCUT2D eigenvalue weighted by molar-refractivity contribution is 5.71. The minimum atomic E-state index is -0.211. The van der Waals surface area contributed by atoms with Crippen molar-refractivity contribution in [3.63, 3.8) is 0 Å². The molecule has 2 aromatic heterocycles. The maximum absolute atomic E-state index is 6.30. The van der Waals surface area contributed by atoms with Crippen molar-refractivity contribution >= 4 is 29.0 Å². The molecule has 3 aromatic rings. The van der Waals surface area contributed by atoms with Crippen molar-refractivity contribution in [2.75, 3.05) is 48.9 Å². The Labute approximate surface area is 226 Å². The molecule has 8 heteroatoms. The zero-order valence-electron chi connectivity index (χ0n) is 23.2. The fourth-order valence-electron chi connectivity index (χ4n) is 6.28. The third kappa shape index (κ3) is 4.50. The highest BCUT2D eigenvalue weighted by Crippen LogP contribution is 2.52. The molecular formula is C30H39N7O. The molecule has 8 nitrogen and oxygen atoms in total. The van der Waals surface area contributed by atoms with Crippen molar-refractivity contribution in [1.82, 2.24) is 19.9 Å². The van der Waals surface area contributed by atoms with Gasteiger partial charge in [0.1, 0.15) is 11.6 Å². The maximum atomic E-state index is 6.30. The first-order chi connectivity index (χ1) is 18.2. The monoisotopic (exact) mass is 513 g/mol. The molecule has 0 amide bonds. The van der Waals surface area contributed by atoms with E-state index in [0.717, 1.165) is 42.4 Å². The molecule has 3 aliphatic rings. The third-order valence-corrected chi connectivity index (χ3v) is 8.69. The number of aromatic nitrogens is 3. The number of fused-ring (bicyclic) bond motifs is 3. The second-order valence-corrected chi connectivity index (χ2v) is 12.0. The van der Waals surface area contributed by atoms with E-state index in [9.17, 15) is 0 Å². The number of ether oxygens (including phenoxy) is 1. The van der Waals surface area contributed by atoms with Gasteiger partial charge in [-0.05, 0) is 83.6 Å². The van der Waals surface area contributed by atoms with Gasteiger partial charge in [-0.25, -0.2) is 9.97 Å². The molecule has 3 aliphatic heterocycles. The lowest BCUT2D eigenvalue weighted by Gasteiger charge is -2.46. The number of piperidine rings is 1. The Kier molecular flexibility index (Phi) is 6.27. The number of hydrogen-bond acceptors (Lipinski definition) is 8. The lowest BCUT2D eigenvalue weighted by atomic mass is 9.73. The predicted octanol–water partition coefficient (Wildman–Crippen LogP) is 5.12. The first kappa shape index (κ1) is 25.1. The van der Waals surface area contributed by atoms with Gasteiger partial charge in [-0.1, -0.05) is 13.0 Å². The number of hydrogen-bond donors (Lipinski definition) is 1. The predicted molar refractivity (Wildman–Crippen MR) is 153 cm³/mol. The lowest BCUT2D eigenvalue weighted by molar-refractivity contribution is -0.0893. The topological polar surface area (TPSA) is 69.7 Å². The summed E-state index contributed by atoms with van der Waals surface area (Å²) in [6.45, 7) is 9.41. The molecule has 0 bridgehead atoms. The Morgan fingerprint density at radius 2 is 1.76 bits per heavy atom. The van der Waals surface area contributed by atoms with E-state index in [2.05, 4.69) is 85.2 Å². The van der Waals surface area contributed by atoms with Crippen LogP contribution in [0.3, 0.4) is 0 Å².